The Hall–Kier alpha value is -1.66. The van der Waals surface area contributed by atoms with E-state index in [1.807, 2.05) is 16.8 Å². The van der Waals surface area contributed by atoms with Crippen molar-refractivity contribution in [1.82, 2.24) is 9.97 Å². The van der Waals surface area contributed by atoms with E-state index in [1.54, 1.807) is 11.3 Å². The van der Waals surface area contributed by atoms with Gasteiger partial charge in [0.1, 0.15) is 11.6 Å². The summed E-state index contributed by atoms with van der Waals surface area (Å²) >= 11 is 1.55. The SMILES string of the molecule is O=c1cc(NCC(O)c2ccsc2)nc(C2CC2)[nH]1. The first kappa shape index (κ1) is 12.4. The van der Waals surface area contributed by atoms with Gasteiger partial charge in [-0.2, -0.15) is 11.3 Å². The Morgan fingerprint density at radius 3 is 3.11 bits per heavy atom. The van der Waals surface area contributed by atoms with Gasteiger partial charge >= 0.3 is 0 Å². The largest absolute Gasteiger partial charge is 0.387 e. The van der Waals surface area contributed by atoms with Gasteiger partial charge in [0, 0.05) is 18.5 Å². The average molecular weight is 277 g/mol. The lowest BCUT2D eigenvalue weighted by atomic mass is 10.2. The standard InChI is InChI=1S/C13H15N3O2S/c17-10(9-3-4-19-7-9)6-14-11-5-12(18)16-13(15-11)8-1-2-8/h3-5,7-8,10,17H,1-2,6H2,(H2,14,15,16,18). The van der Waals surface area contributed by atoms with Crippen LogP contribution in [0.4, 0.5) is 5.82 Å². The van der Waals surface area contributed by atoms with Gasteiger partial charge in [0.15, 0.2) is 0 Å². The van der Waals surface area contributed by atoms with E-state index in [-0.39, 0.29) is 5.56 Å². The van der Waals surface area contributed by atoms with Crippen molar-refractivity contribution >= 4 is 17.2 Å². The number of H-pyrrole nitrogens is 1. The number of hydrogen-bond donors (Lipinski definition) is 3. The van der Waals surface area contributed by atoms with Crippen LogP contribution in [0.3, 0.4) is 0 Å². The van der Waals surface area contributed by atoms with Crippen molar-refractivity contribution < 1.29 is 5.11 Å². The number of aromatic amines is 1. The number of thiophene rings is 1. The number of rotatable bonds is 5. The van der Waals surface area contributed by atoms with Crippen molar-refractivity contribution in [2.45, 2.75) is 24.9 Å². The van der Waals surface area contributed by atoms with E-state index in [0.717, 1.165) is 24.2 Å². The summed E-state index contributed by atoms with van der Waals surface area (Å²) < 4.78 is 0. The minimum absolute atomic E-state index is 0.149. The Bertz CT molecular complexity index is 605. The molecule has 0 bridgehead atoms. The highest BCUT2D eigenvalue weighted by atomic mass is 32.1. The second kappa shape index (κ2) is 5.14. The van der Waals surface area contributed by atoms with E-state index in [4.69, 9.17) is 0 Å². The summed E-state index contributed by atoms with van der Waals surface area (Å²) in [6.45, 7) is 0.345. The average Bonchev–Trinajstić information content (AvgIpc) is 3.11. The second-order valence-electron chi connectivity index (χ2n) is 4.74. The molecule has 0 amide bonds. The summed E-state index contributed by atoms with van der Waals surface area (Å²) in [6, 6.07) is 3.31. The van der Waals surface area contributed by atoms with Crippen LogP contribution in [0.1, 0.15) is 36.3 Å². The smallest absolute Gasteiger partial charge is 0.252 e. The summed E-state index contributed by atoms with van der Waals surface area (Å²) in [7, 11) is 0. The molecule has 1 saturated carbocycles. The quantitative estimate of drug-likeness (QED) is 0.779. The predicted octanol–water partition coefficient (Wildman–Crippen LogP) is 1.85. The Kier molecular flexibility index (Phi) is 3.35. The Labute approximate surface area is 114 Å². The van der Waals surface area contributed by atoms with Crippen molar-refractivity contribution in [1.29, 1.82) is 0 Å². The van der Waals surface area contributed by atoms with Gasteiger partial charge in [0.25, 0.3) is 5.56 Å². The number of nitrogens with one attached hydrogen (secondary N) is 2. The lowest BCUT2D eigenvalue weighted by Crippen LogP contribution is -2.17. The molecule has 0 spiro atoms. The number of anilines is 1. The normalized spacial score (nSPS) is 16.3. The van der Waals surface area contributed by atoms with Gasteiger partial charge in [-0.05, 0) is 35.2 Å². The van der Waals surface area contributed by atoms with E-state index < -0.39 is 6.10 Å². The molecule has 1 unspecified atom stereocenters. The third-order valence-corrected chi connectivity index (χ3v) is 3.83. The van der Waals surface area contributed by atoms with Gasteiger partial charge in [-0.1, -0.05) is 0 Å². The fourth-order valence-corrected chi connectivity index (χ4v) is 2.61. The number of aliphatic hydroxyl groups excluding tert-OH is 1. The highest BCUT2D eigenvalue weighted by molar-refractivity contribution is 7.07. The molecule has 6 heteroatoms. The van der Waals surface area contributed by atoms with E-state index in [2.05, 4.69) is 15.3 Å². The van der Waals surface area contributed by atoms with Gasteiger partial charge in [0.2, 0.25) is 0 Å². The number of aromatic nitrogens is 2. The molecule has 2 aromatic heterocycles. The molecule has 3 rings (SSSR count). The number of aliphatic hydroxyl groups is 1. The molecule has 3 N–H and O–H groups in total. The first-order valence-corrected chi connectivity index (χ1v) is 7.22. The summed E-state index contributed by atoms with van der Waals surface area (Å²) in [4.78, 5) is 18.7. The highest BCUT2D eigenvalue weighted by Crippen LogP contribution is 2.37. The first-order valence-electron chi connectivity index (χ1n) is 6.27. The molecule has 2 aromatic rings. The van der Waals surface area contributed by atoms with E-state index >= 15 is 0 Å². The van der Waals surface area contributed by atoms with Gasteiger partial charge in [-0.15, -0.1) is 0 Å². The molecule has 1 aliphatic rings. The fourth-order valence-electron chi connectivity index (χ4n) is 1.90. The van der Waals surface area contributed by atoms with Crippen LogP contribution in [-0.2, 0) is 0 Å². The molecule has 0 aromatic carbocycles. The Morgan fingerprint density at radius 1 is 1.58 bits per heavy atom. The van der Waals surface area contributed by atoms with Crippen LogP contribution in [0, 0.1) is 0 Å². The van der Waals surface area contributed by atoms with Gasteiger partial charge in [0.05, 0.1) is 6.10 Å². The molecule has 1 atom stereocenters. The van der Waals surface area contributed by atoms with Gasteiger partial charge in [-0.3, -0.25) is 4.79 Å². The molecule has 2 heterocycles. The zero-order valence-corrected chi connectivity index (χ0v) is 11.1. The van der Waals surface area contributed by atoms with Crippen molar-refractivity contribution in [2.24, 2.45) is 0 Å². The zero-order chi connectivity index (χ0) is 13.2. The maximum absolute atomic E-state index is 11.5. The van der Waals surface area contributed by atoms with Crippen molar-refractivity contribution in [2.75, 3.05) is 11.9 Å². The van der Waals surface area contributed by atoms with Crippen LogP contribution < -0.4 is 10.9 Å². The maximum atomic E-state index is 11.5. The van der Waals surface area contributed by atoms with Gasteiger partial charge in [-0.25, -0.2) is 4.98 Å². The molecule has 0 saturated heterocycles. The molecule has 0 radical (unpaired) electrons. The van der Waals surface area contributed by atoms with Crippen molar-refractivity contribution in [3.05, 3.63) is 44.6 Å². The fraction of sp³-hybridized carbons (Fsp3) is 0.385. The summed E-state index contributed by atoms with van der Waals surface area (Å²) in [5, 5.41) is 16.8. The Balaban J connectivity index is 1.68. The zero-order valence-electron chi connectivity index (χ0n) is 10.3. The molecule has 19 heavy (non-hydrogen) atoms. The van der Waals surface area contributed by atoms with Crippen LogP contribution in [0.15, 0.2) is 27.7 Å². The number of nitrogens with zero attached hydrogens (tertiary/aromatic N) is 1. The van der Waals surface area contributed by atoms with Crippen molar-refractivity contribution in [3.63, 3.8) is 0 Å². The monoisotopic (exact) mass is 277 g/mol. The topological polar surface area (TPSA) is 78.0 Å². The predicted molar refractivity (Wildman–Crippen MR) is 74.6 cm³/mol. The van der Waals surface area contributed by atoms with Crippen LogP contribution >= 0.6 is 11.3 Å². The summed E-state index contributed by atoms with van der Waals surface area (Å²) in [5.41, 5.74) is 0.731. The van der Waals surface area contributed by atoms with Crippen molar-refractivity contribution in [3.8, 4) is 0 Å². The second-order valence-corrected chi connectivity index (χ2v) is 5.52. The molecule has 1 aliphatic carbocycles. The number of hydrogen-bond acceptors (Lipinski definition) is 5. The van der Waals surface area contributed by atoms with E-state index in [0.29, 0.717) is 18.3 Å². The van der Waals surface area contributed by atoms with Crippen LogP contribution in [0.5, 0.6) is 0 Å². The molecular weight excluding hydrogens is 262 g/mol. The summed E-state index contributed by atoms with van der Waals surface area (Å²) in [5.74, 6) is 1.68. The molecule has 5 nitrogen and oxygen atoms in total. The van der Waals surface area contributed by atoms with Crippen LogP contribution in [0.25, 0.3) is 0 Å². The minimum atomic E-state index is -0.586. The first-order chi connectivity index (χ1) is 9.22. The molecular formula is C13H15N3O2S. The molecule has 1 fully saturated rings. The highest BCUT2D eigenvalue weighted by Gasteiger charge is 2.26. The van der Waals surface area contributed by atoms with Gasteiger partial charge < -0.3 is 15.4 Å². The van der Waals surface area contributed by atoms with E-state index in [1.165, 1.54) is 6.07 Å². The maximum Gasteiger partial charge on any atom is 0.252 e. The lowest BCUT2D eigenvalue weighted by molar-refractivity contribution is 0.192. The molecule has 0 aliphatic heterocycles. The molecule has 100 valence electrons. The van der Waals surface area contributed by atoms with Crippen LogP contribution in [0.2, 0.25) is 0 Å². The third-order valence-electron chi connectivity index (χ3n) is 3.13. The third kappa shape index (κ3) is 3.02. The summed E-state index contributed by atoms with van der Waals surface area (Å²) in [6.07, 6.45) is 1.59. The van der Waals surface area contributed by atoms with E-state index in [9.17, 15) is 9.90 Å². The van der Waals surface area contributed by atoms with Crippen LogP contribution in [-0.4, -0.2) is 21.6 Å². The Morgan fingerprint density at radius 2 is 2.42 bits per heavy atom. The lowest BCUT2D eigenvalue weighted by Gasteiger charge is -2.11. The minimum Gasteiger partial charge on any atom is -0.387 e.